The normalized spacial score (nSPS) is 14.3. The van der Waals surface area contributed by atoms with Crippen molar-refractivity contribution in [2.75, 3.05) is 25.0 Å². The lowest BCUT2D eigenvalue weighted by Gasteiger charge is -2.30. The van der Waals surface area contributed by atoms with Gasteiger partial charge < -0.3 is 14.8 Å². The van der Waals surface area contributed by atoms with Crippen LogP contribution in [0.1, 0.15) is 55.2 Å². The number of aromatic nitrogens is 1. The van der Waals surface area contributed by atoms with Crippen LogP contribution in [0.5, 0.6) is 5.75 Å². The van der Waals surface area contributed by atoms with E-state index in [0.29, 0.717) is 30.8 Å². The number of pyridine rings is 1. The monoisotopic (exact) mass is 475 g/mol. The fraction of sp³-hybridized carbons (Fsp3) is 0.393. The van der Waals surface area contributed by atoms with Gasteiger partial charge in [-0.2, -0.15) is 0 Å². The summed E-state index contributed by atoms with van der Waals surface area (Å²) >= 11 is 0. The Bertz CT molecular complexity index is 1190. The number of benzene rings is 2. The van der Waals surface area contributed by atoms with E-state index < -0.39 is 12.1 Å². The quantitative estimate of drug-likeness (QED) is 0.440. The number of carbonyl (C=O) groups excluding carboxylic acids is 2. The van der Waals surface area contributed by atoms with Crippen LogP contribution in [0.3, 0.4) is 0 Å². The molecule has 7 heteroatoms. The van der Waals surface area contributed by atoms with E-state index in [1.165, 1.54) is 0 Å². The summed E-state index contributed by atoms with van der Waals surface area (Å²) in [5.74, 6) is -0.104. The van der Waals surface area contributed by atoms with Gasteiger partial charge in [0, 0.05) is 41.8 Å². The van der Waals surface area contributed by atoms with Crippen molar-refractivity contribution in [2.24, 2.45) is 0 Å². The number of para-hydroxylation sites is 1. The Morgan fingerprint density at radius 1 is 1.09 bits per heavy atom. The molecule has 0 radical (unpaired) electrons. The number of nitrogens with zero attached hydrogens (tertiary/aromatic N) is 2. The van der Waals surface area contributed by atoms with Crippen molar-refractivity contribution in [3.05, 3.63) is 65.4 Å². The molecule has 0 saturated carbocycles. The van der Waals surface area contributed by atoms with Gasteiger partial charge in [0.1, 0.15) is 5.75 Å². The molecule has 1 aromatic heterocycles. The maximum Gasteiger partial charge on any atom is 0.340 e. The van der Waals surface area contributed by atoms with Gasteiger partial charge in [0.2, 0.25) is 0 Å². The molecule has 0 spiro atoms. The first-order chi connectivity index (χ1) is 17.0. The number of esters is 1. The Hall–Kier alpha value is -3.45. The van der Waals surface area contributed by atoms with Gasteiger partial charge in [0.25, 0.3) is 5.91 Å². The van der Waals surface area contributed by atoms with Crippen molar-refractivity contribution in [1.29, 1.82) is 0 Å². The molecule has 0 saturated heterocycles. The smallest absolute Gasteiger partial charge is 0.340 e. The molecule has 0 fully saturated rings. The number of nitrogens with one attached hydrogen (secondary N) is 1. The number of rotatable bonds is 9. The fourth-order valence-electron chi connectivity index (χ4n) is 4.52. The van der Waals surface area contributed by atoms with Crippen LogP contribution in [0, 0.1) is 0 Å². The van der Waals surface area contributed by atoms with E-state index in [0.717, 1.165) is 53.8 Å². The number of hydrogen-bond donors (Lipinski definition) is 1. The summed E-state index contributed by atoms with van der Waals surface area (Å²) in [6.45, 7) is 9.01. The van der Waals surface area contributed by atoms with Gasteiger partial charge in [-0.25, -0.2) is 4.79 Å². The summed E-state index contributed by atoms with van der Waals surface area (Å²) < 4.78 is 11.3. The highest BCUT2D eigenvalue weighted by Crippen LogP contribution is 2.29. The number of anilines is 1. The Labute approximate surface area is 206 Å². The van der Waals surface area contributed by atoms with E-state index in [1.807, 2.05) is 38.1 Å². The number of ether oxygens (including phenoxy) is 2. The largest absolute Gasteiger partial charge is 0.494 e. The zero-order chi connectivity index (χ0) is 24.8. The van der Waals surface area contributed by atoms with Gasteiger partial charge in [-0.15, -0.1) is 0 Å². The van der Waals surface area contributed by atoms with Gasteiger partial charge in [-0.1, -0.05) is 32.0 Å². The molecule has 35 heavy (non-hydrogen) atoms. The Balaban J connectivity index is 1.58. The van der Waals surface area contributed by atoms with Crippen LogP contribution in [-0.4, -0.2) is 47.6 Å². The summed E-state index contributed by atoms with van der Waals surface area (Å²) in [5, 5.41) is 3.61. The fourth-order valence-corrected chi connectivity index (χ4v) is 4.52. The molecule has 7 nitrogen and oxygen atoms in total. The zero-order valence-electron chi connectivity index (χ0n) is 20.7. The minimum atomic E-state index is -0.910. The molecule has 1 amide bonds. The third kappa shape index (κ3) is 5.62. The van der Waals surface area contributed by atoms with Crippen LogP contribution >= 0.6 is 0 Å². The van der Waals surface area contributed by atoms with E-state index >= 15 is 0 Å². The maximum atomic E-state index is 13.6. The second kappa shape index (κ2) is 11.3. The number of hydrogen-bond acceptors (Lipinski definition) is 6. The molecular formula is C28H33N3O4. The molecule has 4 rings (SSSR count). The highest BCUT2D eigenvalue weighted by atomic mass is 16.5. The van der Waals surface area contributed by atoms with Gasteiger partial charge in [0.15, 0.2) is 6.10 Å². The van der Waals surface area contributed by atoms with Crippen LogP contribution in [-0.2, 0) is 22.5 Å². The summed E-state index contributed by atoms with van der Waals surface area (Å²) in [6, 6.07) is 14.8. The average Bonchev–Trinajstić information content (AvgIpc) is 2.87. The number of amides is 1. The van der Waals surface area contributed by atoms with Crippen LogP contribution in [0.4, 0.5) is 5.69 Å². The standard InChI is InChI=1S/C28H33N3O4/c1-4-16-31-17-15-24-22(18-31)26(21-9-7-8-10-23(21)30-24)28(33)35-25(5-2)27(32)29-19-11-13-20(14-12-19)34-6-3/h7-14,25H,4-6,15-18H2,1-3H3,(H,29,32). The second-order valence-electron chi connectivity index (χ2n) is 8.70. The Morgan fingerprint density at radius 3 is 2.57 bits per heavy atom. The van der Waals surface area contributed by atoms with Crippen molar-refractivity contribution < 1.29 is 19.1 Å². The van der Waals surface area contributed by atoms with E-state index in [1.54, 1.807) is 24.3 Å². The number of fused-ring (bicyclic) bond motifs is 2. The minimum absolute atomic E-state index is 0.357. The van der Waals surface area contributed by atoms with Crippen molar-refractivity contribution >= 4 is 28.5 Å². The molecule has 0 bridgehead atoms. The van der Waals surface area contributed by atoms with E-state index in [2.05, 4.69) is 17.1 Å². The topological polar surface area (TPSA) is 80.8 Å². The predicted molar refractivity (Wildman–Crippen MR) is 137 cm³/mol. The summed E-state index contributed by atoms with van der Waals surface area (Å²) in [4.78, 5) is 33.7. The third-order valence-electron chi connectivity index (χ3n) is 6.21. The molecule has 2 aromatic carbocycles. The molecule has 2 heterocycles. The second-order valence-corrected chi connectivity index (χ2v) is 8.70. The lowest BCUT2D eigenvalue weighted by Crippen LogP contribution is -2.35. The van der Waals surface area contributed by atoms with Crippen LogP contribution in [0.25, 0.3) is 10.9 Å². The molecule has 3 aromatic rings. The Morgan fingerprint density at radius 2 is 1.86 bits per heavy atom. The highest BCUT2D eigenvalue weighted by Gasteiger charge is 2.29. The molecule has 1 aliphatic heterocycles. The van der Waals surface area contributed by atoms with E-state index in [4.69, 9.17) is 14.5 Å². The van der Waals surface area contributed by atoms with E-state index in [9.17, 15) is 9.59 Å². The first kappa shape index (κ1) is 24.7. The molecule has 1 unspecified atom stereocenters. The summed E-state index contributed by atoms with van der Waals surface area (Å²) in [6.07, 6.45) is 1.28. The Kier molecular flexibility index (Phi) is 7.98. The van der Waals surface area contributed by atoms with Crippen LogP contribution < -0.4 is 10.1 Å². The van der Waals surface area contributed by atoms with E-state index in [-0.39, 0.29) is 5.91 Å². The summed E-state index contributed by atoms with van der Waals surface area (Å²) in [5.41, 5.74) is 3.77. The lowest BCUT2D eigenvalue weighted by molar-refractivity contribution is -0.124. The van der Waals surface area contributed by atoms with Crippen molar-refractivity contribution in [3.63, 3.8) is 0 Å². The van der Waals surface area contributed by atoms with Gasteiger partial charge >= 0.3 is 5.97 Å². The van der Waals surface area contributed by atoms with Crippen molar-refractivity contribution in [2.45, 2.75) is 52.7 Å². The third-order valence-corrected chi connectivity index (χ3v) is 6.21. The molecule has 184 valence electrons. The van der Waals surface area contributed by atoms with Crippen molar-refractivity contribution in [1.82, 2.24) is 9.88 Å². The molecule has 0 aliphatic carbocycles. The van der Waals surface area contributed by atoms with Crippen LogP contribution in [0.2, 0.25) is 0 Å². The van der Waals surface area contributed by atoms with Gasteiger partial charge in [0.05, 0.1) is 17.7 Å². The first-order valence-corrected chi connectivity index (χ1v) is 12.4. The molecular weight excluding hydrogens is 442 g/mol. The molecule has 1 atom stereocenters. The SMILES string of the molecule is CCCN1CCc2nc3ccccc3c(C(=O)OC(CC)C(=O)Nc3ccc(OCC)cc3)c2C1. The molecule has 1 aliphatic rings. The summed E-state index contributed by atoms with van der Waals surface area (Å²) in [7, 11) is 0. The first-order valence-electron chi connectivity index (χ1n) is 12.4. The minimum Gasteiger partial charge on any atom is -0.494 e. The highest BCUT2D eigenvalue weighted by molar-refractivity contribution is 6.06. The average molecular weight is 476 g/mol. The maximum absolute atomic E-state index is 13.6. The lowest BCUT2D eigenvalue weighted by atomic mass is 9.95. The van der Waals surface area contributed by atoms with Crippen LogP contribution in [0.15, 0.2) is 48.5 Å². The van der Waals surface area contributed by atoms with Gasteiger partial charge in [-0.05, 0) is 56.6 Å². The van der Waals surface area contributed by atoms with Crippen molar-refractivity contribution in [3.8, 4) is 5.75 Å². The number of carbonyl (C=O) groups is 2. The predicted octanol–water partition coefficient (Wildman–Crippen LogP) is 4.98. The zero-order valence-corrected chi connectivity index (χ0v) is 20.7. The van der Waals surface area contributed by atoms with Gasteiger partial charge in [-0.3, -0.25) is 14.7 Å². The molecule has 1 N–H and O–H groups in total.